The van der Waals surface area contributed by atoms with Gasteiger partial charge in [-0.15, -0.1) is 11.3 Å². The molecule has 2 aromatic rings. The van der Waals surface area contributed by atoms with Crippen LogP contribution in [0.3, 0.4) is 0 Å². The predicted molar refractivity (Wildman–Crippen MR) is 89.2 cm³/mol. The van der Waals surface area contributed by atoms with Gasteiger partial charge in [0.1, 0.15) is 11.4 Å². The minimum Gasteiger partial charge on any atom is -0.465 e. The molecule has 0 aromatic carbocycles. The van der Waals surface area contributed by atoms with Crippen molar-refractivity contribution in [2.75, 3.05) is 6.61 Å². The van der Waals surface area contributed by atoms with E-state index in [4.69, 9.17) is 17.0 Å². The summed E-state index contributed by atoms with van der Waals surface area (Å²) in [6.45, 7) is 1.89. The lowest BCUT2D eigenvalue weighted by Gasteiger charge is -2.07. The zero-order valence-electron chi connectivity index (χ0n) is 12.4. The van der Waals surface area contributed by atoms with Gasteiger partial charge in [0, 0.05) is 4.88 Å². The highest BCUT2D eigenvalue weighted by Crippen LogP contribution is 2.32. The molecule has 1 aliphatic carbocycles. The summed E-state index contributed by atoms with van der Waals surface area (Å²) in [6.07, 6.45) is 5.41. The van der Waals surface area contributed by atoms with E-state index in [9.17, 15) is 9.59 Å². The van der Waals surface area contributed by atoms with Gasteiger partial charge in [-0.25, -0.2) is 0 Å². The Morgan fingerprint density at radius 3 is 2.91 bits per heavy atom. The fraction of sp³-hybridized carbons (Fsp3) is 0.533. The molecule has 1 N–H and O–H groups in total. The zero-order valence-corrected chi connectivity index (χ0v) is 14.1. The molecular weight excluding hydrogens is 320 g/mol. The number of carbonyl (C=O) groups excluding carboxylic acids is 1. The van der Waals surface area contributed by atoms with Gasteiger partial charge in [0.2, 0.25) is 0 Å². The van der Waals surface area contributed by atoms with Gasteiger partial charge >= 0.3 is 5.97 Å². The normalized spacial score (nSPS) is 14.6. The first-order valence-electron chi connectivity index (χ1n) is 7.54. The topological polar surface area (TPSA) is 64.1 Å². The Labute approximate surface area is 136 Å². The second-order valence-electron chi connectivity index (χ2n) is 5.40. The largest absolute Gasteiger partial charge is 0.465 e. The smallest absolute Gasteiger partial charge is 0.326 e. The third-order valence-corrected chi connectivity index (χ3v) is 5.47. The van der Waals surface area contributed by atoms with Crippen molar-refractivity contribution in [1.29, 1.82) is 0 Å². The van der Waals surface area contributed by atoms with Gasteiger partial charge in [-0.3, -0.25) is 14.2 Å². The van der Waals surface area contributed by atoms with Crippen molar-refractivity contribution in [3.8, 4) is 0 Å². The molecule has 2 heterocycles. The molecule has 0 saturated carbocycles. The minimum atomic E-state index is -0.440. The molecule has 3 rings (SSSR count). The van der Waals surface area contributed by atoms with Gasteiger partial charge in [-0.1, -0.05) is 6.42 Å². The number of nitrogens with one attached hydrogen (secondary N) is 1. The second-order valence-corrected chi connectivity index (χ2v) is 6.89. The standard InChI is InChI=1S/C15H18N2O3S2/c1-2-20-11(18)8-17-14(19)12-9-6-4-3-5-7-10(9)22-13(12)16-15(17)21/h2-8H2,1H3,(H,16,21). The Morgan fingerprint density at radius 1 is 1.36 bits per heavy atom. The maximum absolute atomic E-state index is 12.8. The van der Waals surface area contributed by atoms with E-state index in [1.807, 2.05) is 0 Å². The lowest BCUT2D eigenvalue weighted by molar-refractivity contribution is -0.143. The van der Waals surface area contributed by atoms with E-state index in [1.54, 1.807) is 18.3 Å². The fourth-order valence-electron chi connectivity index (χ4n) is 2.93. The Hall–Kier alpha value is -1.47. The number of fused-ring (bicyclic) bond motifs is 3. The molecule has 0 radical (unpaired) electrons. The quantitative estimate of drug-likeness (QED) is 0.531. The average Bonchev–Trinajstić information content (AvgIpc) is 2.66. The summed E-state index contributed by atoms with van der Waals surface area (Å²) in [5.74, 6) is -0.440. The highest BCUT2D eigenvalue weighted by Gasteiger charge is 2.20. The van der Waals surface area contributed by atoms with Crippen LogP contribution in [0.4, 0.5) is 0 Å². The first-order chi connectivity index (χ1) is 10.6. The number of hydrogen-bond donors (Lipinski definition) is 1. The van der Waals surface area contributed by atoms with Crippen molar-refractivity contribution in [2.45, 2.75) is 45.6 Å². The van der Waals surface area contributed by atoms with Crippen LogP contribution in [0.2, 0.25) is 0 Å². The highest BCUT2D eigenvalue weighted by molar-refractivity contribution is 7.71. The van der Waals surface area contributed by atoms with Crippen LogP contribution in [0.15, 0.2) is 4.79 Å². The van der Waals surface area contributed by atoms with Crippen LogP contribution in [0.5, 0.6) is 0 Å². The summed E-state index contributed by atoms with van der Waals surface area (Å²) in [7, 11) is 0. The number of H-pyrrole nitrogens is 1. The molecule has 0 fully saturated rings. The van der Waals surface area contributed by atoms with Crippen LogP contribution < -0.4 is 5.56 Å². The number of hydrogen-bond acceptors (Lipinski definition) is 5. The third kappa shape index (κ3) is 2.75. The molecular formula is C15H18N2O3S2. The molecule has 7 heteroatoms. The number of esters is 1. The van der Waals surface area contributed by atoms with Gasteiger partial charge < -0.3 is 9.72 Å². The van der Waals surface area contributed by atoms with Crippen molar-refractivity contribution in [3.05, 3.63) is 25.6 Å². The minimum absolute atomic E-state index is 0.136. The van der Waals surface area contributed by atoms with Crippen molar-refractivity contribution >= 4 is 39.7 Å². The van der Waals surface area contributed by atoms with Gasteiger partial charge in [0.05, 0.1) is 12.0 Å². The van der Waals surface area contributed by atoms with Crippen LogP contribution >= 0.6 is 23.6 Å². The lowest BCUT2D eigenvalue weighted by atomic mass is 10.1. The lowest BCUT2D eigenvalue weighted by Crippen LogP contribution is -2.27. The van der Waals surface area contributed by atoms with Gasteiger partial charge in [0.15, 0.2) is 4.77 Å². The summed E-state index contributed by atoms with van der Waals surface area (Å²) in [5.41, 5.74) is 0.970. The van der Waals surface area contributed by atoms with Crippen molar-refractivity contribution in [2.24, 2.45) is 0 Å². The van der Waals surface area contributed by atoms with E-state index < -0.39 is 5.97 Å². The molecule has 0 saturated heterocycles. The van der Waals surface area contributed by atoms with Crippen LogP contribution in [-0.2, 0) is 28.9 Å². The first-order valence-corrected chi connectivity index (χ1v) is 8.77. The number of ether oxygens (including phenoxy) is 1. The van der Waals surface area contributed by atoms with Crippen LogP contribution in [0.1, 0.15) is 36.6 Å². The van der Waals surface area contributed by atoms with E-state index in [2.05, 4.69) is 4.98 Å². The molecule has 1 aliphatic rings. The average molecular weight is 338 g/mol. The van der Waals surface area contributed by atoms with Gasteiger partial charge in [0.25, 0.3) is 5.56 Å². The zero-order chi connectivity index (χ0) is 15.7. The molecule has 0 atom stereocenters. The highest BCUT2D eigenvalue weighted by atomic mass is 32.1. The fourth-order valence-corrected chi connectivity index (χ4v) is 4.52. The van der Waals surface area contributed by atoms with Gasteiger partial charge in [-0.05, 0) is 50.4 Å². The van der Waals surface area contributed by atoms with E-state index in [1.165, 1.54) is 15.9 Å². The second kappa shape index (κ2) is 6.34. The molecule has 0 amide bonds. The molecule has 22 heavy (non-hydrogen) atoms. The van der Waals surface area contributed by atoms with E-state index in [0.29, 0.717) is 12.0 Å². The third-order valence-electron chi connectivity index (χ3n) is 3.94. The summed E-state index contributed by atoms with van der Waals surface area (Å²) < 4.78 is 6.52. The Morgan fingerprint density at radius 2 is 2.14 bits per heavy atom. The maximum atomic E-state index is 12.8. The summed E-state index contributed by atoms with van der Waals surface area (Å²) in [5, 5.41) is 0.708. The number of carbonyl (C=O) groups is 1. The van der Waals surface area contributed by atoms with Crippen LogP contribution in [-0.4, -0.2) is 22.1 Å². The van der Waals surface area contributed by atoms with Crippen LogP contribution in [0, 0.1) is 4.77 Å². The van der Waals surface area contributed by atoms with Crippen molar-refractivity contribution < 1.29 is 9.53 Å². The van der Waals surface area contributed by atoms with E-state index >= 15 is 0 Å². The number of aryl methyl sites for hydroxylation is 2. The maximum Gasteiger partial charge on any atom is 0.326 e. The molecule has 0 unspecified atom stereocenters. The monoisotopic (exact) mass is 338 g/mol. The molecule has 0 bridgehead atoms. The summed E-state index contributed by atoms with van der Waals surface area (Å²) >= 11 is 6.87. The van der Waals surface area contributed by atoms with Gasteiger partial charge in [-0.2, -0.15) is 0 Å². The molecule has 0 spiro atoms. The summed E-state index contributed by atoms with van der Waals surface area (Å²) in [4.78, 5) is 29.7. The molecule has 0 aliphatic heterocycles. The van der Waals surface area contributed by atoms with Crippen LogP contribution in [0.25, 0.3) is 10.2 Å². The molecule has 2 aromatic heterocycles. The number of nitrogens with zero attached hydrogens (tertiary/aromatic N) is 1. The summed E-state index contributed by atoms with van der Waals surface area (Å²) in [6, 6.07) is 0. The number of aromatic amines is 1. The number of rotatable bonds is 3. The first kappa shape index (κ1) is 15.4. The number of thiophene rings is 1. The predicted octanol–water partition coefficient (Wildman–Crippen LogP) is 2.95. The Bertz CT molecular complexity index is 832. The Kier molecular flexibility index (Phi) is 4.44. The van der Waals surface area contributed by atoms with E-state index in [0.717, 1.165) is 36.1 Å². The number of aromatic nitrogens is 2. The SMILES string of the molecule is CCOC(=O)Cn1c(=S)[nH]c2sc3c(c2c1=O)CCCCC3. The molecule has 118 valence electrons. The Balaban J connectivity index is 2.15. The van der Waals surface area contributed by atoms with E-state index in [-0.39, 0.29) is 16.9 Å². The van der Waals surface area contributed by atoms with Crippen molar-refractivity contribution in [3.63, 3.8) is 0 Å². The van der Waals surface area contributed by atoms with Crippen molar-refractivity contribution in [1.82, 2.24) is 9.55 Å². The molecule has 5 nitrogen and oxygen atoms in total.